The second-order valence-corrected chi connectivity index (χ2v) is 12.6. The van der Waals surface area contributed by atoms with Crippen LogP contribution in [0.3, 0.4) is 0 Å². The van der Waals surface area contributed by atoms with E-state index in [-0.39, 0.29) is 24.2 Å². The lowest BCUT2D eigenvalue weighted by molar-refractivity contribution is -0.128. The van der Waals surface area contributed by atoms with Crippen molar-refractivity contribution in [1.82, 2.24) is 19.8 Å². The van der Waals surface area contributed by atoms with Gasteiger partial charge < -0.3 is 24.3 Å². The summed E-state index contributed by atoms with van der Waals surface area (Å²) in [6.45, 7) is 8.43. The van der Waals surface area contributed by atoms with Gasteiger partial charge in [0.1, 0.15) is 12.4 Å². The van der Waals surface area contributed by atoms with Crippen molar-refractivity contribution < 1.29 is 14.3 Å². The molecule has 0 saturated carbocycles. The number of fused-ring (bicyclic) bond motifs is 2. The Morgan fingerprint density at radius 3 is 2.63 bits per heavy atom. The number of piperazine rings is 1. The van der Waals surface area contributed by atoms with E-state index in [0.29, 0.717) is 51.3 Å². The molecule has 240 valence electrons. The number of carbonyl (C=O) groups is 2. The molecule has 10 heteroatoms. The van der Waals surface area contributed by atoms with Crippen molar-refractivity contribution in [1.29, 1.82) is 5.26 Å². The van der Waals surface area contributed by atoms with Gasteiger partial charge in [0.15, 0.2) is 5.78 Å². The number of nitrogens with zero attached hydrogens (tertiary/aromatic N) is 7. The van der Waals surface area contributed by atoms with Crippen LogP contribution in [0.5, 0.6) is 6.01 Å². The van der Waals surface area contributed by atoms with Crippen LogP contribution in [-0.4, -0.2) is 89.9 Å². The summed E-state index contributed by atoms with van der Waals surface area (Å²) < 4.78 is 6.32. The number of anilines is 2. The number of ketones is 1. The van der Waals surface area contributed by atoms with Crippen molar-refractivity contribution in [2.75, 3.05) is 56.2 Å². The van der Waals surface area contributed by atoms with Gasteiger partial charge in [-0.1, -0.05) is 37.3 Å². The summed E-state index contributed by atoms with van der Waals surface area (Å²) in [5.41, 5.74) is 4.50. The Labute approximate surface area is 271 Å². The summed E-state index contributed by atoms with van der Waals surface area (Å²) in [7, 11) is 2.13. The van der Waals surface area contributed by atoms with Crippen LogP contribution >= 0.6 is 0 Å². The number of likely N-dealkylation sites (tertiary alicyclic amines) is 1. The Hall–Kier alpha value is -4.49. The fraction of sp³-hybridized carbons (Fsp3) is 0.472. The van der Waals surface area contributed by atoms with E-state index in [2.05, 4.69) is 71.1 Å². The molecule has 2 saturated heterocycles. The van der Waals surface area contributed by atoms with E-state index in [1.165, 1.54) is 34.2 Å². The molecule has 0 N–H and O–H groups in total. The summed E-state index contributed by atoms with van der Waals surface area (Å²) in [4.78, 5) is 43.5. The van der Waals surface area contributed by atoms with Crippen molar-refractivity contribution in [3.63, 3.8) is 0 Å². The van der Waals surface area contributed by atoms with Crippen LogP contribution in [0.4, 0.5) is 11.5 Å². The lowest BCUT2D eigenvalue weighted by Crippen LogP contribution is -2.55. The number of aromatic nitrogens is 2. The van der Waals surface area contributed by atoms with Crippen LogP contribution in [-0.2, 0) is 22.6 Å². The van der Waals surface area contributed by atoms with Crippen LogP contribution in [0, 0.1) is 18.3 Å². The lowest BCUT2D eigenvalue weighted by atomic mass is 9.99. The molecular formula is C36H43N7O3. The number of nitriles is 1. The molecule has 2 fully saturated rings. The van der Waals surface area contributed by atoms with Crippen molar-refractivity contribution >= 4 is 34.0 Å². The van der Waals surface area contributed by atoms with E-state index in [4.69, 9.17) is 14.7 Å². The molecule has 0 aliphatic carbocycles. The molecule has 10 nitrogen and oxygen atoms in total. The second kappa shape index (κ2) is 13.9. The van der Waals surface area contributed by atoms with Crippen LogP contribution in [0.25, 0.3) is 10.8 Å². The molecule has 3 aromatic rings. The SMILES string of the molecule is CCC(=O)/C=C/C(=O)N1CCN(c2nc(OC[C@@H]3CCCN3C)nc3c2CCN(c2cccc4cccc(C)c24)C3)C[C@@H]1CC#N. The maximum Gasteiger partial charge on any atom is 0.318 e. The second-order valence-electron chi connectivity index (χ2n) is 12.6. The molecule has 0 unspecified atom stereocenters. The Morgan fingerprint density at radius 2 is 1.87 bits per heavy atom. The third kappa shape index (κ3) is 6.56. The first kappa shape index (κ1) is 31.5. The lowest BCUT2D eigenvalue weighted by Gasteiger charge is -2.42. The fourth-order valence-corrected chi connectivity index (χ4v) is 7.05. The first-order valence-corrected chi connectivity index (χ1v) is 16.5. The van der Waals surface area contributed by atoms with Crippen LogP contribution in [0.1, 0.15) is 49.4 Å². The Bertz CT molecular complexity index is 1680. The van der Waals surface area contributed by atoms with E-state index >= 15 is 0 Å². The van der Waals surface area contributed by atoms with Crippen molar-refractivity contribution in [2.45, 2.75) is 64.6 Å². The standard InChI is InChI=1S/C36H43N7O3/c1-4-29(44)13-14-33(45)43-21-20-42(22-27(43)15-17-37)35-30-16-19-41(32-12-6-10-26-9-5-8-25(2)34(26)32)23-31(30)38-36(39-35)46-24-28-11-7-18-40(28)3/h5-6,8-10,12-14,27-28H,4,7,11,15-16,18-24H2,1-3H3/b14-13+/t27-,28-/m0/s1. The summed E-state index contributed by atoms with van der Waals surface area (Å²) in [5.74, 6) is 0.498. The minimum Gasteiger partial charge on any atom is -0.462 e. The molecule has 0 radical (unpaired) electrons. The number of hydrogen-bond acceptors (Lipinski definition) is 9. The van der Waals surface area contributed by atoms with Gasteiger partial charge >= 0.3 is 6.01 Å². The van der Waals surface area contributed by atoms with Gasteiger partial charge in [-0.2, -0.15) is 15.2 Å². The van der Waals surface area contributed by atoms with Gasteiger partial charge in [0, 0.05) is 61.4 Å². The molecule has 46 heavy (non-hydrogen) atoms. The topological polar surface area (TPSA) is 106 Å². The summed E-state index contributed by atoms with van der Waals surface area (Å²) in [6.07, 6.45) is 6.23. The van der Waals surface area contributed by atoms with Gasteiger partial charge in [-0.05, 0) is 62.9 Å². The largest absolute Gasteiger partial charge is 0.462 e. The third-order valence-electron chi connectivity index (χ3n) is 9.68. The van der Waals surface area contributed by atoms with Gasteiger partial charge in [0.2, 0.25) is 5.91 Å². The van der Waals surface area contributed by atoms with Crippen LogP contribution in [0.15, 0.2) is 48.6 Å². The highest BCUT2D eigenvalue weighted by atomic mass is 16.5. The molecular weight excluding hydrogens is 578 g/mol. The number of rotatable bonds is 9. The normalized spacial score (nSPS) is 20.3. The van der Waals surface area contributed by atoms with Crippen molar-refractivity contribution in [2.24, 2.45) is 0 Å². The predicted molar refractivity (Wildman–Crippen MR) is 179 cm³/mol. The zero-order chi connectivity index (χ0) is 32.2. The number of carbonyl (C=O) groups excluding carboxylic acids is 2. The zero-order valence-corrected chi connectivity index (χ0v) is 27.1. The van der Waals surface area contributed by atoms with Crippen LogP contribution < -0.4 is 14.5 Å². The number of likely N-dealkylation sites (N-methyl/N-ethyl adjacent to an activating group) is 1. The minimum absolute atomic E-state index is 0.0968. The van der Waals surface area contributed by atoms with E-state index < -0.39 is 0 Å². The van der Waals surface area contributed by atoms with E-state index in [1.54, 1.807) is 11.8 Å². The first-order chi connectivity index (χ1) is 22.4. The van der Waals surface area contributed by atoms with Crippen molar-refractivity contribution in [3.05, 3.63) is 65.4 Å². The summed E-state index contributed by atoms with van der Waals surface area (Å²) in [5, 5.41) is 12.1. The average Bonchev–Trinajstić information content (AvgIpc) is 3.49. The molecule has 3 aliphatic rings. The van der Waals surface area contributed by atoms with Gasteiger partial charge in [-0.25, -0.2) is 0 Å². The Morgan fingerprint density at radius 1 is 1.04 bits per heavy atom. The highest BCUT2D eigenvalue weighted by Crippen LogP contribution is 2.36. The highest BCUT2D eigenvalue weighted by Gasteiger charge is 2.34. The number of hydrogen-bond donors (Lipinski definition) is 0. The van der Waals surface area contributed by atoms with Gasteiger partial charge in [0.25, 0.3) is 0 Å². The molecule has 2 atom stereocenters. The zero-order valence-electron chi connectivity index (χ0n) is 27.1. The predicted octanol–water partition coefficient (Wildman–Crippen LogP) is 4.44. The molecule has 1 aromatic heterocycles. The van der Waals surface area contributed by atoms with Crippen LogP contribution in [0.2, 0.25) is 0 Å². The number of aryl methyl sites for hydroxylation is 1. The van der Waals surface area contributed by atoms with Gasteiger partial charge in [-0.3, -0.25) is 9.59 Å². The van der Waals surface area contributed by atoms with E-state index in [1.807, 2.05) is 0 Å². The minimum atomic E-state index is -0.325. The van der Waals surface area contributed by atoms with Crippen molar-refractivity contribution in [3.8, 4) is 12.1 Å². The highest BCUT2D eigenvalue weighted by molar-refractivity contribution is 5.98. The Balaban J connectivity index is 1.31. The maximum absolute atomic E-state index is 13.1. The van der Waals surface area contributed by atoms with Gasteiger partial charge in [-0.15, -0.1) is 0 Å². The molecule has 2 aromatic carbocycles. The number of benzene rings is 2. The van der Waals surface area contributed by atoms with Gasteiger partial charge in [0.05, 0.1) is 30.8 Å². The first-order valence-electron chi connectivity index (χ1n) is 16.5. The smallest absolute Gasteiger partial charge is 0.318 e. The molecule has 4 heterocycles. The molecule has 0 bridgehead atoms. The molecule has 6 rings (SSSR count). The molecule has 3 aliphatic heterocycles. The quantitative estimate of drug-likeness (QED) is 0.321. The third-order valence-corrected chi connectivity index (χ3v) is 9.68. The molecule has 1 amide bonds. The summed E-state index contributed by atoms with van der Waals surface area (Å²) in [6, 6.07) is 15.6. The monoisotopic (exact) mass is 621 g/mol. The number of amides is 1. The van der Waals surface area contributed by atoms with E-state index in [9.17, 15) is 14.9 Å². The van der Waals surface area contributed by atoms with E-state index in [0.717, 1.165) is 49.4 Å². The number of allylic oxidation sites excluding steroid dienone is 1. The average molecular weight is 622 g/mol. The Kier molecular flexibility index (Phi) is 9.50. The maximum atomic E-state index is 13.1. The number of ether oxygens (including phenoxy) is 1. The molecule has 0 spiro atoms. The fourth-order valence-electron chi connectivity index (χ4n) is 7.05. The summed E-state index contributed by atoms with van der Waals surface area (Å²) >= 11 is 0.